The van der Waals surface area contributed by atoms with Crippen molar-refractivity contribution in [3.8, 4) is 11.4 Å². The smallest absolute Gasteiger partial charge is 0.391 e. The predicted molar refractivity (Wildman–Crippen MR) is 134 cm³/mol. The lowest BCUT2D eigenvalue weighted by molar-refractivity contribution is -0.184. The third-order valence-corrected chi connectivity index (χ3v) is 8.04. The fraction of sp³-hybridized carbons (Fsp3) is 0.556. The van der Waals surface area contributed by atoms with Crippen molar-refractivity contribution in [1.29, 1.82) is 0 Å². The number of nitrogens with zero attached hydrogens (tertiary/aromatic N) is 4. The summed E-state index contributed by atoms with van der Waals surface area (Å²) < 4.78 is 41.8. The van der Waals surface area contributed by atoms with E-state index in [-0.39, 0.29) is 36.3 Å². The highest BCUT2D eigenvalue weighted by molar-refractivity contribution is 5.92. The summed E-state index contributed by atoms with van der Waals surface area (Å²) in [6, 6.07) is 7.91. The molecule has 0 amide bonds. The van der Waals surface area contributed by atoms with Crippen LogP contribution in [0.1, 0.15) is 68.1 Å². The van der Waals surface area contributed by atoms with E-state index in [0.29, 0.717) is 42.5 Å². The summed E-state index contributed by atoms with van der Waals surface area (Å²) in [4.78, 5) is 25.2. The predicted octanol–water partition coefficient (Wildman–Crippen LogP) is 6.47. The summed E-state index contributed by atoms with van der Waals surface area (Å²) in [5.74, 6) is -1.27. The van der Waals surface area contributed by atoms with Crippen LogP contribution in [0, 0.1) is 24.7 Å². The Morgan fingerprint density at radius 2 is 1.86 bits per heavy atom. The Bertz CT molecular complexity index is 1290. The van der Waals surface area contributed by atoms with Crippen LogP contribution in [0.4, 0.5) is 19.0 Å². The van der Waals surface area contributed by atoms with Crippen molar-refractivity contribution in [3.05, 3.63) is 35.7 Å². The average Bonchev–Trinajstić information content (AvgIpc) is 3.16. The lowest BCUT2D eigenvalue weighted by Crippen LogP contribution is -2.32. The van der Waals surface area contributed by atoms with Crippen molar-refractivity contribution in [2.75, 3.05) is 5.32 Å². The van der Waals surface area contributed by atoms with Gasteiger partial charge < -0.3 is 15.0 Å². The van der Waals surface area contributed by atoms with Crippen molar-refractivity contribution >= 4 is 23.0 Å². The normalized spacial score (nSPS) is 21.5. The molecule has 2 N–H and O–H groups in total. The van der Waals surface area contributed by atoms with Crippen LogP contribution in [-0.4, -0.2) is 42.8 Å². The fourth-order valence-corrected chi connectivity index (χ4v) is 5.62. The lowest BCUT2D eigenvalue weighted by Gasteiger charge is -2.32. The molecule has 7 nitrogen and oxygen atoms in total. The summed E-state index contributed by atoms with van der Waals surface area (Å²) in [6.45, 7) is 4.51. The highest BCUT2D eigenvalue weighted by atomic mass is 19.4. The van der Waals surface area contributed by atoms with Crippen LogP contribution in [0.15, 0.2) is 24.3 Å². The van der Waals surface area contributed by atoms with Gasteiger partial charge in [-0.15, -0.1) is 0 Å². The van der Waals surface area contributed by atoms with Crippen molar-refractivity contribution in [2.24, 2.45) is 17.8 Å². The zero-order valence-corrected chi connectivity index (χ0v) is 21.1. The molecule has 0 aliphatic heterocycles. The van der Waals surface area contributed by atoms with Crippen molar-refractivity contribution < 1.29 is 23.1 Å². The zero-order valence-electron chi connectivity index (χ0n) is 21.1. The van der Waals surface area contributed by atoms with Crippen LogP contribution >= 0.6 is 0 Å². The van der Waals surface area contributed by atoms with Crippen LogP contribution in [0.2, 0.25) is 0 Å². The number of fused-ring (bicyclic) bond motifs is 1. The number of hydrogen-bond donors (Lipinski definition) is 2. The molecule has 1 atom stereocenters. The standard InChI is InChI=1S/C27H32F3N5O2/c1-15-5-3-8-19(13-15)25-34-23-21(35(25)14-17-9-11-20(12-10-17)27(28,29)30)22(32-24(33-23)26(36)37)31-16(2)18-6-4-7-18/h3,5,8,13,16-18,20H,4,6-7,9-12,14H2,1-2H3,(H,36,37)(H,31,32,33)/t16-,17-,20+/m1/s1. The number of carbonyl (C=O) groups is 1. The van der Waals surface area contributed by atoms with Gasteiger partial charge in [0.1, 0.15) is 11.3 Å². The summed E-state index contributed by atoms with van der Waals surface area (Å²) in [5.41, 5.74) is 2.76. The Balaban J connectivity index is 1.59. The molecular weight excluding hydrogens is 483 g/mol. The van der Waals surface area contributed by atoms with E-state index in [2.05, 4.69) is 22.2 Å². The minimum absolute atomic E-state index is 0.0376. The molecule has 2 aliphatic rings. The van der Waals surface area contributed by atoms with Crippen molar-refractivity contribution in [2.45, 2.75) is 77.6 Å². The van der Waals surface area contributed by atoms with Gasteiger partial charge in [-0.3, -0.25) is 0 Å². The van der Waals surface area contributed by atoms with Crippen LogP contribution in [0.5, 0.6) is 0 Å². The average molecular weight is 516 g/mol. The number of halogens is 3. The molecule has 5 rings (SSSR count). The van der Waals surface area contributed by atoms with E-state index in [0.717, 1.165) is 24.0 Å². The molecule has 2 aliphatic carbocycles. The zero-order chi connectivity index (χ0) is 26.3. The van der Waals surface area contributed by atoms with Gasteiger partial charge in [-0.1, -0.05) is 30.2 Å². The number of alkyl halides is 3. The maximum atomic E-state index is 13.3. The van der Waals surface area contributed by atoms with Crippen LogP contribution in [0.25, 0.3) is 22.6 Å². The lowest BCUT2D eigenvalue weighted by atomic mass is 9.80. The molecule has 198 valence electrons. The second-order valence-corrected chi connectivity index (χ2v) is 10.7. The molecule has 0 bridgehead atoms. The van der Waals surface area contributed by atoms with Gasteiger partial charge in [0.15, 0.2) is 11.5 Å². The van der Waals surface area contributed by atoms with E-state index in [1.54, 1.807) is 0 Å². The van der Waals surface area contributed by atoms with Crippen LogP contribution in [-0.2, 0) is 6.54 Å². The molecule has 0 saturated heterocycles. The van der Waals surface area contributed by atoms with E-state index in [9.17, 15) is 23.1 Å². The molecule has 3 aromatic rings. The molecule has 0 unspecified atom stereocenters. The Morgan fingerprint density at radius 1 is 1.14 bits per heavy atom. The number of aryl methyl sites for hydroxylation is 1. The van der Waals surface area contributed by atoms with Crippen molar-refractivity contribution in [1.82, 2.24) is 19.5 Å². The molecule has 2 aromatic heterocycles. The van der Waals surface area contributed by atoms with Gasteiger partial charge >= 0.3 is 12.1 Å². The first-order valence-electron chi connectivity index (χ1n) is 13.0. The number of rotatable bonds is 7. The van der Waals surface area contributed by atoms with Gasteiger partial charge in [0, 0.05) is 18.2 Å². The molecule has 2 saturated carbocycles. The number of benzene rings is 1. The van der Waals surface area contributed by atoms with E-state index < -0.39 is 18.1 Å². The fourth-order valence-electron chi connectivity index (χ4n) is 5.62. The topological polar surface area (TPSA) is 92.9 Å². The van der Waals surface area contributed by atoms with E-state index >= 15 is 0 Å². The first-order chi connectivity index (χ1) is 17.6. The Morgan fingerprint density at radius 3 is 2.46 bits per heavy atom. The summed E-state index contributed by atoms with van der Waals surface area (Å²) in [5, 5.41) is 13.1. The van der Waals surface area contributed by atoms with Gasteiger partial charge in [-0.25, -0.2) is 19.7 Å². The molecule has 0 radical (unpaired) electrons. The van der Waals surface area contributed by atoms with Gasteiger partial charge in [0.2, 0.25) is 5.82 Å². The van der Waals surface area contributed by atoms with E-state index in [1.807, 2.05) is 35.8 Å². The third kappa shape index (κ3) is 5.29. The number of anilines is 1. The number of aromatic nitrogens is 4. The molecular formula is C27H32F3N5O2. The highest BCUT2D eigenvalue weighted by Crippen LogP contribution is 2.41. The van der Waals surface area contributed by atoms with Crippen LogP contribution in [0.3, 0.4) is 0 Å². The van der Waals surface area contributed by atoms with Gasteiger partial charge in [-0.05, 0) is 70.3 Å². The maximum Gasteiger partial charge on any atom is 0.391 e. The number of nitrogens with one attached hydrogen (secondary N) is 1. The maximum absolute atomic E-state index is 13.3. The number of imidazole rings is 1. The van der Waals surface area contributed by atoms with Crippen LogP contribution < -0.4 is 5.32 Å². The quantitative estimate of drug-likeness (QED) is 0.375. The SMILES string of the molecule is Cc1cccc(-c2nc3nc(C(=O)O)nc(N[C@H](C)C4CCC4)c3n2C[C@H]2CC[C@@H](C(F)(F)F)CC2)c1. The largest absolute Gasteiger partial charge is 0.475 e. The second-order valence-electron chi connectivity index (χ2n) is 10.7. The minimum Gasteiger partial charge on any atom is -0.475 e. The Hall–Kier alpha value is -3.17. The molecule has 2 heterocycles. The van der Waals surface area contributed by atoms with E-state index in [4.69, 9.17) is 4.98 Å². The van der Waals surface area contributed by atoms with E-state index in [1.165, 1.54) is 6.42 Å². The summed E-state index contributed by atoms with van der Waals surface area (Å²) in [7, 11) is 0. The number of hydrogen-bond acceptors (Lipinski definition) is 5. The second kappa shape index (κ2) is 9.95. The molecule has 2 fully saturated rings. The first-order valence-corrected chi connectivity index (χ1v) is 13.0. The summed E-state index contributed by atoms with van der Waals surface area (Å²) in [6.07, 6.45) is 0.378. The Kier molecular flexibility index (Phi) is 6.85. The first kappa shape index (κ1) is 25.5. The summed E-state index contributed by atoms with van der Waals surface area (Å²) >= 11 is 0. The number of carboxylic acids is 1. The molecule has 0 spiro atoms. The number of aromatic carboxylic acids is 1. The Labute approximate surface area is 213 Å². The minimum atomic E-state index is -4.16. The molecule has 37 heavy (non-hydrogen) atoms. The molecule has 10 heteroatoms. The van der Waals surface area contributed by atoms with Gasteiger partial charge in [0.25, 0.3) is 0 Å². The van der Waals surface area contributed by atoms with Crippen molar-refractivity contribution in [3.63, 3.8) is 0 Å². The highest BCUT2D eigenvalue weighted by Gasteiger charge is 2.41. The van der Waals surface area contributed by atoms with Gasteiger partial charge in [0.05, 0.1) is 5.92 Å². The van der Waals surface area contributed by atoms with Gasteiger partial charge in [-0.2, -0.15) is 13.2 Å². The monoisotopic (exact) mass is 515 g/mol. The molecule has 1 aromatic carbocycles. The number of carboxylic acid groups (broad SMARTS) is 1. The third-order valence-electron chi connectivity index (χ3n) is 8.04.